The lowest BCUT2D eigenvalue weighted by atomic mass is 9.80. The molecule has 0 heterocycles. The molecule has 0 saturated heterocycles. The number of nitrogens with two attached hydrogens (primary N) is 1. The second-order valence-corrected chi connectivity index (χ2v) is 11.0. The molecule has 0 bridgehead atoms. The molecule has 0 unspecified atom stereocenters. The second kappa shape index (κ2) is 12.7. The molecular formula is C38H32NO2P. The van der Waals surface area contributed by atoms with Crippen molar-refractivity contribution in [3.8, 4) is 0 Å². The minimum Gasteiger partial charge on any atom is -0.301 e. The Kier molecular flexibility index (Phi) is 8.37. The summed E-state index contributed by atoms with van der Waals surface area (Å²) >= 11 is 0. The molecule has 2 N–H and O–H groups in total. The van der Waals surface area contributed by atoms with Gasteiger partial charge in [-0.1, -0.05) is 182 Å². The lowest BCUT2D eigenvalue weighted by Crippen LogP contribution is -2.36. The third-order valence-corrected chi connectivity index (χ3v) is 8.44. The number of rotatable bonds is 10. The molecule has 0 radical (unpaired) electrons. The van der Waals surface area contributed by atoms with Gasteiger partial charge < -0.3 is 9.05 Å². The summed E-state index contributed by atoms with van der Waals surface area (Å²) in [6, 6.07) is 61.4. The van der Waals surface area contributed by atoms with Gasteiger partial charge >= 0.3 is 0 Å². The van der Waals surface area contributed by atoms with E-state index in [0.717, 1.165) is 33.4 Å². The van der Waals surface area contributed by atoms with Crippen LogP contribution in [0.2, 0.25) is 0 Å². The Morgan fingerprint density at radius 2 is 0.476 bits per heavy atom. The van der Waals surface area contributed by atoms with E-state index >= 15 is 0 Å². The monoisotopic (exact) mass is 565 g/mol. The Labute approximate surface area is 249 Å². The molecular weight excluding hydrogens is 533 g/mol. The maximum Gasteiger partial charge on any atom is 0.256 e. The van der Waals surface area contributed by atoms with Gasteiger partial charge in [0.2, 0.25) is 0 Å². The lowest BCUT2D eigenvalue weighted by molar-refractivity contribution is 0.0941. The van der Waals surface area contributed by atoms with Crippen LogP contribution in [0.1, 0.15) is 33.4 Å². The van der Waals surface area contributed by atoms with Crippen LogP contribution in [0.4, 0.5) is 0 Å². The molecule has 206 valence electrons. The van der Waals surface area contributed by atoms with Crippen molar-refractivity contribution in [3.63, 3.8) is 0 Å². The van der Waals surface area contributed by atoms with Crippen molar-refractivity contribution in [1.29, 1.82) is 0 Å². The number of benzene rings is 6. The van der Waals surface area contributed by atoms with Crippen LogP contribution < -0.4 is 5.50 Å². The highest BCUT2D eigenvalue weighted by atomic mass is 31.2. The van der Waals surface area contributed by atoms with E-state index in [-0.39, 0.29) is 0 Å². The summed E-state index contributed by atoms with van der Waals surface area (Å²) in [5.74, 6) is 0. The molecule has 42 heavy (non-hydrogen) atoms. The second-order valence-electron chi connectivity index (χ2n) is 10.0. The third kappa shape index (κ3) is 5.32. The standard InChI is InChI=1S/C38H32NO2P/c39-42(40-37(31-19-7-1-8-20-31,32-21-9-2-10-22-32)33-23-11-3-12-24-33)41-38(34-25-13-4-14-26-34,35-27-15-5-16-28-35)36-29-17-6-18-30-36/h1-30H,39H2. The van der Waals surface area contributed by atoms with Crippen molar-refractivity contribution in [2.45, 2.75) is 11.2 Å². The van der Waals surface area contributed by atoms with Crippen LogP contribution in [0, 0.1) is 0 Å². The Hall–Kier alpha value is -4.37. The highest BCUT2D eigenvalue weighted by Crippen LogP contribution is 2.54. The van der Waals surface area contributed by atoms with Gasteiger partial charge in [0.05, 0.1) is 0 Å². The van der Waals surface area contributed by atoms with Crippen molar-refractivity contribution < 1.29 is 9.05 Å². The van der Waals surface area contributed by atoms with Crippen LogP contribution >= 0.6 is 8.53 Å². The average Bonchev–Trinajstić information content (AvgIpc) is 3.08. The molecule has 0 aliphatic rings. The van der Waals surface area contributed by atoms with Crippen LogP contribution in [-0.4, -0.2) is 0 Å². The van der Waals surface area contributed by atoms with Gasteiger partial charge in [0.15, 0.2) is 11.2 Å². The Bertz CT molecular complexity index is 1340. The van der Waals surface area contributed by atoms with Crippen molar-refractivity contribution in [2.24, 2.45) is 5.50 Å². The molecule has 6 rings (SSSR count). The fraction of sp³-hybridized carbons (Fsp3) is 0.0526. The van der Waals surface area contributed by atoms with Gasteiger partial charge in [0.25, 0.3) is 8.53 Å². The zero-order valence-electron chi connectivity index (χ0n) is 23.2. The van der Waals surface area contributed by atoms with Gasteiger partial charge in [-0.2, -0.15) is 0 Å². The fourth-order valence-corrected chi connectivity index (χ4v) is 6.85. The topological polar surface area (TPSA) is 44.5 Å². The highest BCUT2D eigenvalue weighted by Gasteiger charge is 2.45. The van der Waals surface area contributed by atoms with Crippen molar-refractivity contribution >= 4 is 8.53 Å². The molecule has 0 atom stereocenters. The van der Waals surface area contributed by atoms with Gasteiger partial charge in [-0.25, -0.2) is 0 Å². The molecule has 0 saturated carbocycles. The molecule has 0 spiro atoms. The van der Waals surface area contributed by atoms with E-state index < -0.39 is 19.7 Å². The van der Waals surface area contributed by atoms with E-state index in [1.54, 1.807) is 0 Å². The van der Waals surface area contributed by atoms with E-state index in [1.807, 2.05) is 109 Å². The van der Waals surface area contributed by atoms with Crippen LogP contribution in [0.3, 0.4) is 0 Å². The lowest BCUT2D eigenvalue weighted by Gasteiger charge is -2.41. The molecule has 0 aliphatic carbocycles. The summed E-state index contributed by atoms with van der Waals surface area (Å²) in [5, 5.41) is 0. The van der Waals surface area contributed by atoms with Crippen LogP contribution in [-0.2, 0) is 20.2 Å². The maximum atomic E-state index is 7.14. The largest absolute Gasteiger partial charge is 0.301 e. The first kappa shape index (κ1) is 27.8. The van der Waals surface area contributed by atoms with Crippen LogP contribution in [0.5, 0.6) is 0 Å². The molecule has 0 aromatic heterocycles. The molecule has 0 fully saturated rings. The summed E-state index contributed by atoms with van der Waals surface area (Å²) in [4.78, 5) is 0. The average molecular weight is 566 g/mol. The molecule has 3 nitrogen and oxygen atoms in total. The van der Waals surface area contributed by atoms with E-state index in [4.69, 9.17) is 14.6 Å². The minimum atomic E-state index is -2.00. The van der Waals surface area contributed by atoms with Crippen LogP contribution in [0.15, 0.2) is 182 Å². The molecule has 6 aromatic rings. The van der Waals surface area contributed by atoms with Gasteiger partial charge in [0, 0.05) is 0 Å². The van der Waals surface area contributed by atoms with Gasteiger partial charge in [0.1, 0.15) is 0 Å². The van der Waals surface area contributed by atoms with E-state index in [1.165, 1.54) is 0 Å². The fourth-order valence-electron chi connectivity index (χ4n) is 5.64. The normalized spacial score (nSPS) is 11.9. The number of hydrogen-bond acceptors (Lipinski definition) is 3. The summed E-state index contributed by atoms with van der Waals surface area (Å²) in [7, 11) is -2.00. The minimum absolute atomic E-state index is 0.966. The van der Waals surface area contributed by atoms with Gasteiger partial charge in [-0.05, 0) is 33.4 Å². The first-order valence-electron chi connectivity index (χ1n) is 14.0. The summed E-state index contributed by atoms with van der Waals surface area (Å²) in [5.41, 5.74) is 10.9. The zero-order valence-corrected chi connectivity index (χ0v) is 24.1. The van der Waals surface area contributed by atoms with E-state index in [9.17, 15) is 0 Å². The van der Waals surface area contributed by atoms with Gasteiger partial charge in [-0.3, -0.25) is 5.50 Å². The van der Waals surface area contributed by atoms with Gasteiger partial charge in [-0.15, -0.1) is 0 Å². The zero-order chi connectivity index (χ0) is 28.7. The van der Waals surface area contributed by atoms with Crippen molar-refractivity contribution in [3.05, 3.63) is 215 Å². The highest BCUT2D eigenvalue weighted by molar-refractivity contribution is 7.44. The predicted molar refractivity (Wildman–Crippen MR) is 172 cm³/mol. The summed E-state index contributed by atoms with van der Waals surface area (Å²) in [6.07, 6.45) is 0. The van der Waals surface area contributed by atoms with Crippen molar-refractivity contribution in [2.75, 3.05) is 0 Å². The molecule has 6 aromatic carbocycles. The first-order chi connectivity index (χ1) is 20.7. The van der Waals surface area contributed by atoms with E-state index in [0.29, 0.717) is 0 Å². The predicted octanol–water partition coefficient (Wildman–Crippen LogP) is 9.19. The van der Waals surface area contributed by atoms with Crippen molar-refractivity contribution in [1.82, 2.24) is 0 Å². The third-order valence-electron chi connectivity index (χ3n) is 7.54. The molecule has 0 aliphatic heterocycles. The van der Waals surface area contributed by atoms with Crippen LogP contribution in [0.25, 0.3) is 0 Å². The Morgan fingerprint density at radius 1 is 0.310 bits per heavy atom. The molecule has 4 heteroatoms. The SMILES string of the molecule is NP(OC(c1ccccc1)(c1ccccc1)c1ccccc1)OC(c1ccccc1)(c1ccccc1)c1ccccc1. The maximum absolute atomic E-state index is 7.14. The van der Waals surface area contributed by atoms with E-state index in [2.05, 4.69) is 72.8 Å². The molecule has 0 amide bonds. The quantitative estimate of drug-likeness (QED) is 0.133. The summed E-state index contributed by atoms with van der Waals surface area (Å²) in [6.45, 7) is 0. The smallest absolute Gasteiger partial charge is 0.256 e. The Morgan fingerprint density at radius 3 is 0.643 bits per heavy atom. The Balaban J connectivity index is 1.54. The summed E-state index contributed by atoms with van der Waals surface area (Å²) < 4.78 is 14.3. The first-order valence-corrected chi connectivity index (χ1v) is 15.2. The number of hydrogen-bond donors (Lipinski definition) is 1.